The van der Waals surface area contributed by atoms with Gasteiger partial charge in [0.2, 0.25) is 5.91 Å². The largest absolute Gasteiger partial charge is 0.497 e. The van der Waals surface area contributed by atoms with E-state index < -0.39 is 0 Å². The highest BCUT2D eigenvalue weighted by Crippen LogP contribution is 2.23. The van der Waals surface area contributed by atoms with Crippen molar-refractivity contribution in [2.24, 2.45) is 5.92 Å². The zero-order chi connectivity index (χ0) is 16.8. The van der Waals surface area contributed by atoms with Gasteiger partial charge >= 0.3 is 0 Å². The van der Waals surface area contributed by atoms with Gasteiger partial charge in [-0.25, -0.2) is 4.98 Å². The smallest absolute Gasteiger partial charge is 0.233 e. The number of aromatic nitrogens is 3. The van der Waals surface area contributed by atoms with Crippen LogP contribution in [-0.2, 0) is 11.2 Å². The lowest BCUT2D eigenvalue weighted by molar-refractivity contribution is -0.129. The molecule has 0 saturated carbocycles. The minimum Gasteiger partial charge on any atom is -0.497 e. The van der Waals surface area contributed by atoms with Gasteiger partial charge < -0.3 is 9.64 Å². The number of piperidine rings is 1. The Labute approximate surface area is 146 Å². The number of carbonyl (C=O) groups excluding carboxylic acids is 1. The number of hydrogen-bond donors (Lipinski definition) is 1. The molecule has 24 heavy (non-hydrogen) atoms. The van der Waals surface area contributed by atoms with Gasteiger partial charge in [0.15, 0.2) is 5.16 Å². The van der Waals surface area contributed by atoms with Crippen molar-refractivity contribution in [1.82, 2.24) is 20.1 Å². The lowest BCUT2D eigenvalue weighted by atomic mass is 9.90. The monoisotopic (exact) mass is 346 g/mol. The maximum atomic E-state index is 12.3. The average molecular weight is 346 g/mol. The molecule has 2 aromatic rings. The summed E-state index contributed by atoms with van der Waals surface area (Å²) in [6.45, 7) is 1.69. The van der Waals surface area contributed by atoms with E-state index in [1.165, 1.54) is 23.7 Å². The molecule has 0 spiro atoms. The van der Waals surface area contributed by atoms with E-state index in [1.54, 1.807) is 7.11 Å². The molecule has 0 radical (unpaired) electrons. The summed E-state index contributed by atoms with van der Waals surface area (Å²) >= 11 is 1.40. The van der Waals surface area contributed by atoms with E-state index in [1.807, 2.05) is 17.0 Å². The zero-order valence-corrected chi connectivity index (χ0v) is 14.6. The molecule has 1 aromatic carbocycles. The van der Waals surface area contributed by atoms with Crippen molar-refractivity contribution in [3.63, 3.8) is 0 Å². The Kier molecular flexibility index (Phi) is 5.74. The number of aromatic amines is 1. The fourth-order valence-corrected chi connectivity index (χ4v) is 3.65. The van der Waals surface area contributed by atoms with Crippen LogP contribution in [0.3, 0.4) is 0 Å². The van der Waals surface area contributed by atoms with E-state index in [4.69, 9.17) is 4.74 Å². The molecule has 1 aliphatic heterocycles. The number of likely N-dealkylation sites (tertiary alicyclic amines) is 1. The molecule has 1 aromatic heterocycles. The van der Waals surface area contributed by atoms with Crippen LogP contribution >= 0.6 is 11.8 Å². The summed E-state index contributed by atoms with van der Waals surface area (Å²) in [4.78, 5) is 18.2. The average Bonchev–Trinajstić information content (AvgIpc) is 3.14. The molecule has 3 rings (SSSR count). The van der Waals surface area contributed by atoms with Gasteiger partial charge in [-0.1, -0.05) is 23.9 Å². The van der Waals surface area contributed by atoms with E-state index in [0.29, 0.717) is 16.8 Å². The normalized spacial score (nSPS) is 15.5. The van der Waals surface area contributed by atoms with Crippen LogP contribution in [0, 0.1) is 5.92 Å². The second-order valence-electron chi connectivity index (χ2n) is 5.96. The lowest BCUT2D eigenvalue weighted by Crippen LogP contribution is -2.39. The summed E-state index contributed by atoms with van der Waals surface area (Å²) < 4.78 is 5.19. The predicted octanol–water partition coefficient (Wildman–Crippen LogP) is 2.39. The number of hydrogen-bond acceptors (Lipinski definition) is 5. The summed E-state index contributed by atoms with van der Waals surface area (Å²) in [5.74, 6) is 2.13. The van der Waals surface area contributed by atoms with E-state index in [9.17, 15) is 4.79 Å². The van der Waals surface area contributed by atoms with Gasteiger partial charge in [0.1, 0.15) is 12.1 Å². The highest BCUT2D eigenvalue weighted by atomic mass is 32.2. The van der Waals surface area contributed by atoms with E-state index in [2.05, 4.69) is 27.3 Å². The highest BCUT2D eigenvalue weighted by molar-refractivity contribution is 7.99. The first-order valence-electron chi connectivity index (χ1n) is 8.13. The van der Waals surface area contributed by atoms with Gasteiger partial charge in [0.25, 0.3) is 0 Å². The third kappa shape index (κ3) is 4.50. The van der Waals surface area contributed by atoms with E-state index in [0.717, 1.165) is 38.1 Å². The third-order valence-corrected chi connectivity index (χ3v) is 5.24. The topological polar surface area (TPSA) is 71.1 Å². The Balaban J connectivity index is 1.42. The Hall–Kier alpha value is -2.02. The second kappa shape index (κ2) is 8.19. The van der Waals surface area contributed by atoms with Crippen LogP contribution in [0.25, 0.3) is 0 Å². The van der Waals surface area contributed by atoms with Crippen LogP contribution in [0.5, 0.6) is 5.75 Å². The molecule has 6 nitrogen and oxygen atoms in total. The van der Waals surface area contributed by atoms with Gasteiger partial charge in [0, 0.05) is 13.1 Å². The first kappa shape index (κ1) is 16.8. The number of methoxy groups -OCH3 is 1. The Morgan fingerprint density at radius 1 is 1.33 bits per heavy atom. The molecule has 1 N–H and O–H groups in total. The van der Waals surface area contributed by atoms with Crippen molar-refractivity contribution < 1.29 is 9.53 Å². The van der Waals surface area contributed by atoms with Crippen molar-refractivity contribution >= 4 is 17.7 Å². The molecule has 1 fully saturated rings. The van der Waals surface area contributed by atoms with Crippen LogP contribution in [0.2, 0.25) is 0 Å². The number of nitrogens with one attached hydrogen (secondary N) is 1. The fraction of sp³-hybridized carbons (Fsp3) is 0.471. The number of carbonyl (C=O) groups is 1. The molecule has 0 atom stereocenters. The molecular formula is C17H22N4O2S. The summed E-state index contributed by atoms with van der Waals surface area (Å²) in [5.41, 5.74) is 1.33. The molecular weight excluding hydrogens is 324 g/mol. The Morgan fingerprint density at radius 3 is 2.71 bits per heavy atom. The molecule has 1 saturated heterocycles. The number of rotatable bonds is 6. The number of amides is 1. The minimum absolute atomic E-state index is 0.180. The maximum Gasteiger partial charge on any atom is 0.233 e. The minimum atomic E-state index is 0.180. The summed E-state index contributed by atoms with van der Waals surface area (Å²) in [6, 6.07) is 8.28. The first-order valence-corrected chi connectivity index (χ1v) is 9.12. The van der Waals surface area contributed by atoms with Gasteiger partial charge in [-0.05, 0) is 42.9 Å². The maximum absolute atomic E-state index is 12.3. The molecule has 128 valence electrons. The van der Waals surface area contributed by atoms with E-state index >= 15 is 0 Å². The van der Waals surface area contributed by atoms with Crippen LogP contribution in [0.15, 0.2) is 35.7 Å². The second-order valence-corrected chi connectivity index (χ2v) is 6.92. The third-order valence-electron chi connectivity index (χ3n) is 4.38. The standard InChI is InChI=1S/C17H22N4O2S/c1-23-15-4-2-13(3-5-15)10-14-6-8-21(9-7-14)16(22)11-24-17-18-12-19-20-17/h2-5,12,14H,6-11H2,1H3,(H,18,19,20). The zero-order valence-electron chi connectivity index (χ0n) is 13.8. The SMILES string of the molecule is COc1ccc(CC2CCN(C(=O)CSc3ncn[nH]3)CC2)cc1. The lowest BCUT2D eigenvalue weighted by Gasteiger charge is -2.32. The number of thioether (sulfide) groups is 1. The van der Waals surface area contributed by atoms with Gasteiger partial charge in [0.05, 0.1) is 12.9 Å². The molecule has 0 bridgehead atoms. The van der Waals surface area contributed by atoms with Crippen molar-refractivity contribution in [3.05, 3.63) is 36.2 Å². The summed E-state index contributed by atoms with van der Waals surface area (Å²) in [5, 5.41) is 7.24. The molecule has 7 heteroatoms. The Morgan fingerprint density at radius 2 is 2.08 bits per heavy atom. The molecule has 2 heterocycles. The van der Waals surface area contributed by atoms with Gasteiger partial charge in [-0.15, -0.1) is 0 Å². The van der Waals surface area contributed by atoms with Crippen molar-refractivity contribution in [1.29, 1.82) is 0 Å². The molecule has 1 amide bonds. The molecule has 1 aliphatic rings. The van der Waals surface area contributed by atoms with Crippen molar-refractivity contribution in [2.75, 3.05) is 26.0 Å². The van der Waals surface area contributed by atoms with Crippen LogP contribution in [-0.4, -0.2) is 51.9 Å². The molecule has 0 unspecified atom stereocenters. The van der Waals surface area contributed by atoms with Gasteiger partial charge in [-0.2, -0.15) is 5.10 Å². The fourth-order valence-electron chi connectivity index (χ4n) is 2.97. The first-order chi connectivity index (χ1) is 11.7. The van der Waals surface area contributed by atoms with Crippen LogP contribution in [0.1, 0.15) is 18.4 Å². The number of benzene rings is 1. The van der Waals surface area contributed by atoms with Gasteiger partial charge in [-0.3, -0.25) is 9.89 Å². The van der Waals surface area contributed by atoms with Crippen molar-refractivity contribution in [2.45, 2.75) is 24.4 Å². The number of ether oxygens (including phenoxy) is 1. The number of H-pyrrole nitrogens is 1. The summed E-state index contributed by atoms with van der Waals surface area (Å²) in [6.07, 6.45) is 4.64. The highest BCUT2D eigenvalue weighted by Gasteiger charge is 2.23. The van der Waals surface area contributed by atoms with Crippen LogP contribution in [0.4, 0.5) is 0 Å². The summed E-state index contributed by atoms with van der Waals surface area (Å²) in [7, 11) is 1.68. The van der Waals surface area contributed by atoms with Crippen LogP contribution < -0.4 is 4.74 Å². The molecule has 0 aliphatic carbocycles. The van der Waals surface area contributed by atoms with E-state index in [-0.39, 0.29) is 5.91 Å². The Bertz CT molecular complexity index is 637. The quantitative estimate of drug-likeness (QED) is 0.813. The predicted molar refractivity (Wildman–Crippen MR) is 93.1 cm³/mol. The number of nitrogens with zero attached hydrogens (tertiary/aromatic N) is 3. The van der Waals surface area contributed by atoms with Crippen molar-refractivity contribution in [3.8, 4) is 5.75 Å².